The van der Waals surface area contributed by atoms with E-state index in [1.807, 2.05) is 33.9 Å². The fourth-order valence-electron chi connectivity index (χ4n) is 3.91. The molecule has 0 spiro atoms. The summed E-state index contributed by atoms with van der Waals surface area (Å²) in [4.78, 5) is 26.9. The second-order valence-electron chi connectivity index (χ2n) is 9.61. The Kier molecular flexibility index (Phi) is 6.97. The summed E-state index contributed by atoms with van der Waals surface area (Å²) >= 11 is 1.74. The van der Waals surface area contributed by atoms with Crippen LogP contribution in [0.3, 0.4) is 0 Å². The fourth-order valence-corrected chi connectivity index (χ4v) is 5.03. The number of aromatic nitrogens is 2. The standard InChI is InChI=1S/C25H33N5O2S/c1-17-16-27-23(28-22(17)21-15-18-7-5-6-8-20(18)33-21)19(26)9-10-29-11-13-30(14-12-29)24(31)32-25(2,3)4/h5-8,15-16,19H,9-14,26H2,1-4H3. The van der Waals surface area contributed by atoms with Crippen LogP contribution in [0.25, 0.3) is 20.7 Å². The summed E-state index contributed by atoms with van der Waals surface area (Å²) in [6.45, 7) is 11.5. The molecule has 0 aliphatic carbocycles. The van der Waals surface area contributed by atoms with Gasteiger partial charge < -0.3 is 15.4 Å². The van der Waals surface area contributed by atoms with Gasteiger partial charge in [-0.3, -0.25) is 4.90 Å². The number of hydrogen-bond acceptors (Lipinski definition) is 7. The number of aryl methyl sites for hydroxylation is 1. The molecule has 1 saturated heterocycles. The van der Waals surface area contributed by atoms with E-state index < -0.39 is 5.60 Å². The van der Waals surface area contributed by atoms with Crippen molar-refractivity contribution >= 4 is 27.5 Å². The van der Waals surface area contributed by atoms with Crippen LogP contribution in [-0.2, 0) is 4.74 Å². The first-order chi connectivity index (χ1) is 15.7. The average molecular weight is 468 g/mol. The van der Waals surface area contributed by atoms with Crippen LogP contribution < -0.4 is 5.73 Å². The zero-order valence-electron chi connectivity index (χ0n) is 19.9. The highest BCUT2D eigenvalue weighted by molar-refractivity contribution is 7.22. The number of carbonyl (C=O) groups excluding carboxylic acids is 1. The van der Waals surface area contributed by atoms with Crippen LogP contribution in [0.4, 0.5) is 4.79 Å². The molecule has 0 bridgehead atoms. The topological polar surface area (TPSA) is 84.6 Å². The average Bonchev–Trinajstić information content (AvgIpc) is 3.21. The molecule has 7 nitrogen and oxygen atoms in total. The smallest absolute Gasteiger partial charge is 0.410 e. The third kappa shape index (κ3) is 5.88. The molecule has 3 aromatic rings. The predicted octanol–water partition coefficient (Wildman–Crippen LogP) is 4.61. The molecule has 4 rings (SSSR count). The Morgan fingerprint density at radius 3 is 2.64 bits per heavy atom. The largest absolute Gasteiger partial charge is 0.444 e. The third-order valence-electron chi connectivity index (χ3n) is 5.76. The molecule has 0 radical (unpaired) electrons. The summed E-state index contributed by atoms with van der Waals surface area (Å²) in [6, 6.07) is 10.3. The lowest BCUT2D eigenvalue weighted by Crippen LogP contribution is -2.50. The molecular weight excluding hydrogens is 434 g/mol. The van der Waals surface area contributed by atoms with E-state index in [9.17, 15) is 4.79 Å². The molecular formula is C25H33N5O2S. The first-order valence-electron chi connectivity index (χ1n) is 11.5. The molecule has 1 aromatic carbocycles. The quantitative estimate of drug-likeness (QED) is 0.590. The predicted molar refractivity (Wildman–Crippen MR) is 133 cm³/mol. The van der Waals surface area contributed by atoms with E-state index in [-0.39, 0.29) is 12.1 Å². The van der Waals surface area contributed by atoms with Gasteiger partial charge in [0.15, 0.2) is 0 Å². The van der Waals surface area contributed by atoms with Crippen molar-refractivity contribution < 1.29 is 9.53 Å². The molecule has 1 unspecified atom stereocenters. The van der Waals surface area contributed by atoms with Gasteiger partial charge in [0.25, 0.3) is 0 Å². The van der Waals surface area contributed by atoms with E-state index in [0.717, 1.165) is 42.2 Å². The van der Waals surface area contributed by atoms with Crippen molar-refractivity contribution in [3.63, 3.8) is 0 Å². The summed E-state index contributed by atoms with van der Waals surface area (Å²) < 4.78 is 6.73. The maximum absolute atomic E-state index is 12.3. The second-order valence-corrected chi connectivity index (χ2v) is 10.7. The number of piperazine rings is 1. The Hall–Kier alpha value is -2.55. The van der Waals surface area contributed by atoms with Gasteiger partial charge in [0.1, 0.15) is 11.4 Å². The molecule has 1 aliphatic heterocycles. The van der Waals surface area contributed by atoms with Gasteiger partial charge in [-0.25, -0.2) is 14.8 Å². The van der Waals surface area contributed by atoms with Gasteiger partial charge in [-0.05, 0) is 57.2 Å². The first-order valence-corrected chi connectivity index (χ1v) is 12.3. The number of carbonyl (C=O) groups is 1. The van der Waals surface area contributed by atoms with Crippen LogP contribution in [0.15, 0.2) is 36.5 Å². The van der Waals surface area contributed by atoms with Gasteiger partial charge in [0.05, 0.1) is 16.6 Å². The molecule has 1 amide bonds. The van der Waals surface area contributed by atoms with Crippen LogP contribution >= 0.6 is 11.3 Å². The second kappa shape index (κ2) is 9.75. The monoisotopic (exact) mass is 467 g/mol. The Labute approximate surface area is 199 Å². The molecule has 8 heteroatoms. The summed E-state index contributed by atoms with van der Waals surface area (Å²) in [5.74, 6) is 0.681. The first kappa shape index (κ1) is 23.6. The maximum atomic E-state index is 12.3. The Balaban J connectivity index is 1.34. The SMILES string of the molecule is Cc1cnc(C(N)CCN2CCN(C(=O)OC(C)(C)C)CC2)nc1-c1cc2ccccc2s1. The van der Waals surface area contributed by atoms with Crippen molar-refractivity contribution in [2.75, 3.05) is 32.7 Å². The number of fused-ring (bicyclic) bond motifs is 1. The molecule has 176 valence electrons. The summed E-state index contributed by atoms with van der Waals surface area (Å²) in [5, 5.41) is 1.23. The normalized spacial score (nSPS) is 16.2. The highest BCUT2D eigenvalue weighted by Crippen LogP contribution is 2.34. The van der Waals surface area contributed by atoms with Crippen molar-refractivity contribution in [3.8, 4) is 10.6 Å². The number of benzene rings is 1. The highest BCUT2D eigenvalue weighted by Gasteiger charge is 2.26. The zero-order chi connectivity index (χ0) is 23.6. The van der Waals surface area contributed by atoms with E-state index in [0.29, 0.717) is 18.9 Å². The molecule has 2 N–H and O–H groups in total. The van der Waals surface area contributed by atoms with Gasteiger partial charge in [0, 0.05) is 43.6 Å². The van der Waals surface area contributed by atoms with Crippen LogP contribution in [0.2, 0.25) is 0 Å². The number of thiophene rings is 1. The van der Waals surface area contributed by atoms with E-state index >= 15 is 0 Å². The molecule has 0 saturated carbocycles. The molecule has 3 heterocycles. The third-order valence-corrected chi connectivity index (χ3v) is 6.88. The zero-order valence-corrected chi connectivity index (χ0v) is 20.7. The lowest BCUT2D eigenvalue weighted by molar-refractivity contribution is 0.0143. The van der Waals surface area contributed by atoms with Crippen LogP contribution in [-0.4, -0.2) is 64.2 Å². The number of nitrogens with two attached hydrogens (primary N) is 1. The number of nitrogens with zero attached hydrogens (tertiary/aromatic N) is 4. The lowest BCUT2D eigenvalue weighted by atomic mass is 10.1. The summed E-state index contributed by atoms with van der Waals surface area (Å²) in [7, 11) is 0. The summed E-state index contributed by atoms with van der Waals surface area (Å²) in [6.07, 6.45) is 2.41. The molecule has 1 atom stereocenters. The minimum Gasteiger partial charge on any atom is -0.444 e. The van der Waals surface area contributed by atoms with E-state index in [4.69, 9.17) is 15.5 Å². The molecule has 1 fully saturated rings. The Bertz CT molecular complexity index is 1080. The van der Waals surface area contributed by atoms with Gasteiger partial charge in [0.2, 0.25) is 0 Å². The van der Waals surface area contributed by atoms with Gasteiger partial charge in [-0.2, -0.15) is 0 Å². The van der Waals surface area contributed by atoms with Crippen molar-refractivity contribution in [2.45, 2.75) is 45.8 Å². The fraction of sp³-hybridized carbons (Fsp3) is 0.480. The van der Waals surface area contributed by atoms with Crippen molar-refractivity contribution in [1.29, 1.82) is 0 Å². The van der Waals surface area contributed by atoms with Crippen molar-refractivity contribution in [1.82, 2.24) is 19.8 Å². The highest BCUT2D eigenvalue weighted by atomic mass is 32.1. The molecule has 33 heavy (non-hydrogen) atoms. The summed E-state index contributed by atoms with van der Waals surface area (Å²) in [5.41, 5.74) is 8.04. The van der Waals surface area contributed by atoms with Crippen molar-refractivity contribution in [2.24, 2.45) is 5.73 Å². The Morgan fingerprint density at radius 2 is 1.94 bits per heavy atom. The van der Waals surface area contributed by atoms with Crippen LogP contribution in [0, 0.1) is 6.92 Å². The minimum atomic E-state index is -0.469. The van der Waals surface area contributed by atoms with Gasteiger partial charge in [-0.1, -0.05) is 18.2 Å². The lowest BCUT2D eigenvalue weighted by Gasteiger charge is -2.35. The number of rotatable bonds is 5. The minimum absolute atomic E-state index is 0.234. The van der Waals surface area contributed by atoms with Crippen LogP contribution in [0.5, 0.6) is 0 Å². The number of hydrogen-bond donors (Lipinski definition) is 1. The molecule has 1 aliphatic rings. The Morgan fingerprint density at radius 1 is 1.21 bits per heavy atom. The number of amides is 1. The maximum Gasteiger partial charge on any atom is 0.410 e. The van der Waals surface area contributed by atoms with Crippen LogP contribution in [0.1, 0.15) is 44.6 Å². The van der Waals surface area contributed by atoms with E-state index in [2.05, 4.69) is 40.2 Å². The number of ether oxygens (including phenoxy) is 1. The molecule has 2 aromatic heterocycles. The van der Waals surface area contributed by atoms with E-state index in [1.165, 1.54) is 10.1 Å². The van der Waals surface area contributed by atoms with Crippen molar-refractivity contribution in [3.05, 3.63) is 47.9 Å². The van der Waals surface area contributed by atoms with Gasteiger partial charge >= 0.3 is 6.09 Å². The van der Waals surface area contributed by atoms with Gasteiger partial charge in [-0.15, -0.1) is 11.3 Å². The van der Waals surface area contributed by atoms with E-state index in [1.54, 1.807) is 16.2 Å².